The number of carbonyl (C=O) groups excluding carboxylic acids is 1. The van der Waals surface area contributed by atoms with Crippen molar-refractivity contribution in [2.45, 2.75) is 51.5 Å². The molecule has 3 rings (SSSR count). The Hall–Kier alpha value is -1.10. The second-order valence-electron chi connectivity index (χ2n) is 5.83. The molecular weight excluding hydrogens is 258 g/mol. The summed E-state index contributed by atoms with van der Waals surface area (Å²) < 4.78 is 0. The second kappa shape index (κ2) is 5.12. The number of thiazole rings is 1. The molecule has 1 amide bonds. The van der Waals surface area contributed by atoms with Crippen molar-refractivity contribution in [2.24, 2.45) is 11.8 Å². The zero-order chi connectivity index (χ0) is 13.4. The molecule has 3 atom stereocenters. The normalized spacial score (nSPS) is 30.1. The standard InChI is InChI=1S/C14H21N3OS/c1-8-12(19-14(15)16-8)13(18)17-11-7-6-9-4-2-3-5-10(9)11/h9-11H,2-7H2,1H3,(H2,15,16)(H,17,18). The molecule has 2 aliphatic carbocycles. The van der Waals surface area contributed by atoms with E-state index in [1.54, 1.807) is 0 Å². The molecule has 104 valence electrons. The lowest BCUT2D eigenvalue weighted by atomic mass is 9.80. The summed E-state index contributed by atoms with van der Waals surface area (Å²) in [5.74, 6) is 1.55. The van der Waals surface area contributed by atoms with Gasteiger partial charge in [0.25, 0.3) is 5.91 Å². The van der Waals surface area contributed by atoms with Crippen molar-refractivity contribution >= 4 is 22.4 Å². The van der Waals surface area contributed by atoms with Crippen LogP contribution in [0.3, 0.4) is 0 Å². The van der Waals surface area contributed by atoms with Gasteiger partial charge in [-0.25, -0.2) is 4.98 Å². The number of fused-ring (bicyclic) bond motifs is 1. The third kappa shape index (κ3) is 2.48. The van der Waals surface area contributed by atoms with Crippen LogP contribution in [0.4, 0.5) is 5.13 Å². The molecule has 3 unspecified atom stereocenters. The molecule has 2 saturated carbocycles. The second-order valence-corrected chi connectivity index (χ2v) is 6.86. The van der Waals surface area contributed by atoms with Crippen LogP contribution >= 0.6 is 11.3 Å². The van der Waals surface area contributed by atoms with Gasteiger partial charge in [0.15, 0.2) is 5.13 Å². The average Bonchev–Trinajstić information content (AvgIpc) is 2.94. The zero-order valence-electron chi connectivity index (χ0n) is 11.3. The van der Waals surface area contributed by atoms with E-state index in [0.29, 0.717) is 22.0 Å². The quantitative estimate of drug-likeness (QED) is 0.874. The van der Waals surface area contributed by atoms with Crippen LogP contribution in [0, 0.1) is 18.8 Å². The number of nitrogens with two attached hydrogens (primary N) is 1. The van der Waals surface area contributed by atoms with Gasteiger partial charge in [-0.2, -0.15) is 0 Å². The molecule has 5 heteroatoms. The van der Waals surface area contributed by atoms with Crippen molar-refractivity contribution in [1.82, 2.24) is 10.3 Å². The molecular formula is C14H21N3OS. The summed E-state index contributed by atoms with van der Waals surface area (Å²) in [6.45, 7) is 1.85. The molecule has 0 bridgehead atoms. The van der Waals surface area contributed by atoms with Crippen LogP contribution in [-0.2, 0) is 0 Å². The van der Waals surface area contributed by atoms with Gasteiger partial charge in [0.2, 0.25) is 0 Å². The molecule has 0 spiro atoms. The summed E-state index contributed by atoms with van der Waals surface area (Å²) >= 11 is 1.29. The summed E-state index contributed by atoms with van der Waals surface area (Å²) in [7, 11) is 0. The smallest absolute Gasteiger partial charge is 0.263 e. The Kier molecular flexibility index (Phi) is 3.48. The van der Waals surface area contributed by atoms with Gasteiger partial charge in [0.1, 0.15) is 4.88 Å². The zero-order valence-corrected chi connectivity index (χ0v) is 12.1. The average molecular weight is 279 g/mol. The molecule has 1 aromatic rings. The maximum absolute atomic E-state index is 12.3. The van der Waals surface area contributed by atoms with Crippen LogP contribution in [0.2, 0.25) is 0 Å². The minimum absolute atomic E-state index is 0.0166. The summed E-state index contributed by atoms with van der Waals surface area (Å²) in [6, 6.07) is 0.362. The lowest BCUT2D eigenvalue weighted by molar-refractivity contribution is 0.0921. The van der Waals surface area contributed by atoms with Gasteiger partial charge in [-0.3, -0.25) is 4.79 Å². The predicted octanol–water partition coefficient (Wildman–Crippen LogP) is 2.73. The molecule has 0 saturated heterocycles. The summed E-state index contributed by atoms with van der Waals surface area (Å²) in [4.78, 5) is 17.1. The number of carbonyl (C=O) groups is 1. The van der Waals surface area contributed by atoms with E-state index in [4.69, 9.17) is 5.73 Å². The first kappa shape index (κ1) is 12.9. The Bertz CT molecular complexity index is 485. The monoisotopic (exact) mass is 279 g/mol. The topological polar surface area (TPSA) is 68.0 Å². The fraction of sp³-hybridized carbons (Fsp3) is 0.714. The number of rotatable bonds is 2. The van der Waals surface area contributed by atoms with Gasteiger partial charge >= 0.3 is 0 Å². The van der Waals surface area contributed by atoms with E-state index in [1.165, 1.54) is 43.4 Å². The number of nitrogens with one attached hydrogen (secondary N) is 1. The Morgan fingerprint density at radius 3 is 2.84 bits per heavy atom. The van der Waals surface area contributed by atoms with E-state index >= 15 is 0 Å². The van der Waals surface area contributed by atoms with E-state index in [0.717, 1.165) is 18.0 Å². The SMILES string of the molecule is Cc1nc(N)sc1C(=O)NC1CCC2CCCCC21. The highest BCUT2D eigenvalue weighted by atomic mass is 32.1. The maximum atomic E-state index is 12.3. The van der Waals surface area contributed by atoms with E-state index in [-0.39, 0.29) is 5.91 Å². The van der Waals surface area contributed by atoms with Gasteiger partial charge in [-0.15, -0.1) is 0 Å². The third-order valence-electron chi connectivity index (χ3n) is 4.67. The molecule has 2 aliphatic rings. The van der Waals surface area contributed by atoms with Crippen molar-refractivity contribution in [3.8, 4) is 0 Å². The molecule has 1 heterocycles. The van der Waals surface area contributed by atoms with Crippen LogP contribution in [0.1, 0.15) is 53.9 Å². The number of nitrogen functional groups attached to an aromatic ring is 1. The molecule has 19 heavy (non-hydrogen) atoms. The molecule has 0 radical (unpaired) electrons. The van der Waals surface area contributed by atoms with Crippen LogP contribution in [0.15, 0.2) is 0 Å². The predicted molar refractivity (Wildman–Crippen MR) is 77.2 cm³/mol. The number of amides is 1. The minimum atomic E-state index is 0.0166. The summed E-state index contributed by atoms with van der Waals surface area (Å²) in [5, 5.41) is 3.70. The van der Waals surface area contributed by atoms with Crippen molar-refractivity contribution in [1.29, 1.82) is 0 Å². The van der Waals surface area contributed by atoms with Gasteiger partial charge < -0.3 is 11.1 Å². The lowest BCUT2D eigenvalue weighted by Crippen LogP contribution is -2.39. The fourth-order valence-electron chi connectivity index (χ4n) is 3.77. The fourth-order valence-corrected chi connectivity index (χ4v) is 4.51. The van der Waals surface area contributed by atoms with E-state index < -0.39 is 0 Å². The van der Waals surface area contributed by atoms with Crippen molar-refractivity contribution in [2.75, 3.05) is 5.73 Å². The van der Waals surface area contributed by atoms with Crippen LogP contribution in [0.25, 0.3) is 0 Å². The molecule has 3 N–H and O–H groups in total. The molecule has 1 aromatic heterocycles. The highest BCUT2D eigenvalue weighted by Gasteiger charge is 2.38. The largest absolute Gasteiger partial charge is 0.375 e. The van der Waals surface area contributed by atoms with Crippen molar-refractivity contribution < 1.29 is 4.79 Å². The number of hydrogen-bond donors (Lipinski definition) is 2. The number of aryl methyl sites for hydroxylation is 1. The van der Waals surface area contributed by atoms with Gasteiger partial charge in [0, 0.05) is 6.04 Å². The number of nitrogens with zero attached hydrogens (tertiary/aromatic N) is 1. The first-order valence-electron chi connectivity index (χ1n) is 7.19. The number of hydrogen-bond acceptors (Lipinski definition) is 4. The van der Waals surface area contributed by atoms with Gasteiger partial charge in [-0.1, -0.05) is 30.6 Å². The van der Waals surface area contributed by atoms with Crippen LogP contribution in [-0.4, -0.2) is 16.9 Å². The lowest BCUT2D eigenvalue weighted by Gasteiger charge is -2.29. The molecule has 4 nitrogen and oxygen atoms in total. The van der Waals surface area contributed by atoms with E-state index in [1.807, 2.05) is 6.92 Å². The van der Waals surface area contributed by atoms with Gasteiger partial charge in [0.05, 0.1) is 5.69 Å². The summed E-state index contributed by atoms with van der Waals surface area (Å²) in [5.41, 5.74) is 6.41. The van der Waals surface area contributed by atoms with Crippen LogP contribution in [0.5, 0.6) is 0 Å². The molecule has 0 aromatic carbocycles. The minimum Gasteiger partial charge on any atom is -0.375 e. The van der Waals surface area contributed by atoms with E-state index in [2.05, 4.69) is 10.3 Å². The summed E-state index contributed by atoms with van der Waals surface area (Å²) in [6.07, 6.45) is 7.73. The van der Waals surface area contributed by atoms with Crippen LogP contribution < -0.4 is 11.1 Å². The Morgan fingerprint density at radius 2 is 2.11 bits per heavy atom. The molecule has 0 aliphatic heterocycles. The highest BCUT2D eigenvalue weighted by molar-refractivity contribution is 7.17. The first-order chi connectivity index (χ1) is 9.15. The number of aromatic nitrogens is 1. The maximum Gasteiger partial charge on any atom is 0.263 e. The Labute approximate surface area is 117 Å². The van der Waals surface area contributed by atoms with E-state index in [9.17, 15) is 4.79 Å². The Morgan fingerprint density at radius 1 is 1.32 bits per heavy atom. The number of anilines is 1. The van der Waals surface area contributed by atoms with Gasteiger partial charge in [-0.05, 0) is 38.0 Å². The highest BCUT2D eigenvalue weighted by Crippen LogP contribution is 2.42. The van der Waals surface area contributed by atoms with Crippen molar-refractivity contribution in [3.05, 3.63) is 10.6 Å². The van der Waals surface area contributed by atoms with Crippen molar-refractivity contribution in [3.63, 3.8) is 0 Å². The molecule has 2 fully saturated rings. The first-order valence-corrected chi connectivity index (χ1v) is 8.00. The third-order valence-corrected chi connectivity index (χ3v) is 5.65. The Balaban J connectivity index is 1.68.